The van der Waals surface area contributed by atoms with Gasteiger partial charge in [0.25, 0.3) is 11.1 Å². The molecule has 0 atom stereocenters. The Labute approximate surface area is 143 Å². The molecular formula is C17H16N2O2S2. The van der Waals surface area contributed by atoms with Crippen LogP contribution in [0.5, 0.6) is 5.19 Å². The minimum absolute atomic E-state index is 0.0280. The number of nitrogens with zero attached hydrogens (tertiary/aromatic N) is 2. The van der Waals surface area contributed by atoms with Crippen molar-refractivity contribution >= 4 is 44.9 Å². The van der Waals surface area contributed by atoms with Crippen LogP contribution in [0.4, 0.5) is 5.69 Å². The average Bonchev–Trinajstić information content (AvgIpc) is 3.02. The fraction of sp³-hybridized carbons (Fsp3) is 0.176. The summed E-state index contributed by atoms with van der Waals surface area (Å²) < 4.78 is 6.61. The van der Waals surface area contributed by atoms with E-state index in [1.54, 1.807) is 23.7 Å². The minimum Gasteiger partial charge on any atom is -0.460 e. The summed E-state index contributed by atoms with van der Waals surface area (Å²) in [6.07, 6.45) is 2.01. The van der Waals surface area contributed by atoms with Gasteiger partial charge in [-0.3, -0.25) is 4.79 Å². The third kappa shape index (κ3) is 3.65. The van der Waals surface area contributed by atoms with Gasteiger partial charge in [0.1, 0.15) is 0 Å². The van der Waals surface area contributed by atoms with Gasteiger partial charge in [0.2, 0.25) is 0 Å². The number of hydrogen-bond acceptors (Lipinski definition) is 5. The van der Waals surface area contributed by atoms with E-state index in [2.05, 4.69) is 4.98 Å². The van der Waals surface area contributed by atoms with E-state index < -0.39 is 0 Å². The van der Waals surface area contributed by atoms with Crippen molar-refractivity contribution in [2.24, 2.45) is 0 Å². The summed E-state index contributed by atoms with van der Waals surface area (Å²) in [5, 5.41) is 0.519. The lowest BCUT2D eigenvalue weighted by Crippen LogP contribution is -2.31. The predicted octanol–water partition coefficient (Wildman–Crippen LogP) is 4.06. The lowest BCUT2D eigenvalue weighted by molar-refractivity contribution is -0.120. The number of benzene rings is 2. The molecule has 0 unspecified atom stereocenters. The molecule has 118 valence electrons. The van der Waals surface area contributed by atoms with Gasteiger partial charge >= 0.3 is 0 Å². The number of ether oxygens (including phenoxy) is 1. The number of rotatable bonds is 5. The van der Waals surface area contributed by atoms with Crippen molar-refractivity contribution < 1.29 is 9.53 Å². The van der Waals surface area contributed by atoms with Crippen molar-refractivity contribution in [2.75, 3.05) is 24.8 Å². The van der Waals surface area contributed by atoms with Crippen molar-refractivity contribution in [3.8, 4) is 5.19 Å². The van der Waals surface area contributed by atoms with Crippen molar-refractivity contribution in [3.63, 3.8) is 0 Å². The summed E-state index contributed by atoms with van der Waals surface area (Å²) in [5.74, 6) is -0.109. The molecule has 0 bridgehead atoms. The van der Waals surface area contributed by atoms with E-state index in [9.17, 15) is 4.79 Å². The number of anilines is 1. The Morgan fingerprint density at radius 3 is 2.87 bits per heavy atom. The SMILES string of the molecule is CSc1cccc(N(C)C(=O)COc2nc3ccccc3s2)c1. The first-order valence-electron chi connectivity index (χ1n) is 7.06. The Kier molecular flexibility index (Phi) is 4.83. The van der Waals surface area contributed by atoms with Crippen LogP contribution in [0, 0.1) is 0 Å². The smallest absolute Gasteiger partial charge is 0.274 e. The van der Waals surface area contributed by atoms with Gasteiger partial charge in [-0.2, -0.15) is 0 Å². The highest BCUT2D eigenvalue weighted by atomic mass is 32.2. The van der Waals surface area contributed by atoms with Gasteiger partial charge in [-0.05, 0) is 36.6 Å². The van der Waals surface area contributed by atoms with Crippen molar-refractivity contribution in [2.45, 2.75) is 4.90 Å². The number of carbonyl (C=O) groups excluding carboxylic acids is 1. The van der Waals surface area contributed by atoms with Crippen LogP contribution in [0.1, 0.15) is 0 Å². The molecule has 3 aromatic rings. The zero-order valence-corrected chi connectivity index (χ0v) is 14.5. The van der Waals surface area contributed by atoms with E-state index >= 15 is 0 Å². The Morgan fingerprint density at radius 1 is 1.26 bits per heavy atom. The number of fused-ring (bicyclic) bond motifs is 1. The number of hydrogen-bond donors (Lipinski definition) is 0. The second-order valence-corrected chi connectivity index (χ2v) is 6.76. The standard InChI is InChI=1S/C17H16N2O2S2/c1-19(12-6-5-7-13(10-12)22-2)16(20)11-21-17-18-14-8-3-4-9-15(14)23-17/h3-10H,11H2,1-2H3. The molecule has 1 heterocycles. The maximum absolute atomic E-state index is 12.3. The maximum Gasteiger partial charge on any atom is 0.274 e. The molecule has 0 spiro atoms. The molecule has 0 radical (unpaired) electrons. The number of thiazole rings is 1. The van der Waals surface area contributed by atoms with Gasteiger partial charge in [-0.1, -0.05) is 29.5 Å². The van der Waals surface area contributed by atoms with E-state index in [1.165, 1.54) is 11.3 Å². The molecule has 4 nitrogen and oxygen atoms in total. The summed E-state index contributed by atoms with van der Waals surface area (Å²) >= 11 is 3.09. The van der Waals surface area contributed by atoms with Crippen molar-refractivity contribution in [3.05, 3.63) is 48.5 Å². The highest BCUT2D eigenvalue weighted by Gasteiger charge is 2.13. The van der Waals surface area contributed by atoms with E-state index in [0.29, 0.717) is 5.19 Å². The Bertz CT molecular complexity index is 799. The Balaban J connectivity index is 1.66. The van der Waals surface area contributed by atoms with Crippen LogP contribution in [0.3, 0.4) is 0 Å². The first kappa shape index (κ1) is 15.8. The van der Waals surface area contributed by atoms with Crippen molar-refractivity contribution in [1.29, 1.82) is 0 Å². The lowest BCUT2D eigenvalue weighted by atomic mass is 10.3. The molecule has 6 heteroatoms. The fourth-order valence-electron chi connectivity index (χ4n) is 2.10. The van der Waals surface area contributed by atoms with Gasteiger partial charge in [0.15, 0.2) is 6.61 Å². The first-order chi connectivity index (χ1) is 11.2. The molecule has 0 aliphatic heterocycles. The third-order valence-corrected chi connectivity index (χ3v) is 5.08. The van der Waals surface area contributed by atoms with Crippen LogP contribution < -0.4 is 9.64 Å². The number of thioether (sulfide) groups is 1. The molecule has 2 aromatic carbocycles. The second-order valence-electron chi connectivity index (χ2n) is 4.89. The number of carbonyl (C=O) groups is 1. The highest BCUT2D eigenvalue weighted by Crippen LogP contribution is 2.27. The maximum atomic E-state index is 12.3. The quantitative estimate of drug-likeness (QED) is 0.655. The molecule has 0 N–H and O–H groups in total. The molecule has 1 amide bonds. The normalized spacial score (nSPS) is 10.7. The molecule has 23 heavy (non-hydrogen) atoms. The van der Waals surface area contributed by atoms with Gasteiger partial charge in [-0.25, -0.2) is 4.98 Å². The van der Waals surface area contributed by atoms with Crippen LogP contribution in [0.25, 0.3) is 10.2 Å². The predicted molar refractivity (Wildman–Crippen MR) is 96.7 cm³/mol. The van der Waals surface area contributed by atoms with Gasteiger partial charge in [0.05, 0.1) is 10.2 Å². The largest absolute Gasteiger partial charge is 0.460 e. The van der Waals surface area contributed by atoms with Crippen LogP contribution in [-0.2, 0) is 4.79 Å². The molecule has 0 fully saturated rings. The molecule has 1 aromatic heterocycles. The summed E-state index contributed by atoms with van der Waals surface area (Å²) in [5.41, 5.74) is 1.75. The van der Waals surface area contributed by atoms with Gasteiger partial charge in [0, 0.05) is 17.6 Å². The average molecular weight is 344 g/mol. The number of aromatic nitrogens is 1. The monoisotopic (exact) mass is 344 g/mol. The second kappa shape index (κ2) is 7.02. The van der Waals surface area contributed by atoms with E-state index in [-0.39, 0.29) is 12.5 Å². The summed E-state index contributed by atoms with van der Waals surface area (Å²) in [4.78, 5) is 19.4. The number of para-hydroxylation sites is 1. The van der Waals surface area contributed by atoms with Gasteiger partial charge < -0.3 is 9.64 Å². The Hall–Kier alpha value is -2.05. The molecule has 3 rings (SSSR count). The van der Waals surface area contributed by atoms with Crippen LogP contribution in [-0.4, -0.2) is 30.8 Å². The molecule has 0 aliphatic rings. The zero-order valence-electron chi connectivity index (χ0n) is 12.9. The first-order valence-corrected chi connectivity index (χ1v) is 9.10. The van der Waals surface area contributed by atoms with E-state index in [0.717, 1.165) is 20.8 Å². The molecular weight excluding hydrogens is 328 g/mol. The van der Waals surface area contributed by atoms with Gasteiger partial charge in [-0.15, -0.1) is 11.8 Å². The van der Waals surface area contributed by atoms with Crippen LogP contribution in [0.15, 0.2) is 53.4 Å². The topological polar surface area (TPSA) is 42.4 Å². The highest BCUT2D eigenvalue weighted by molar-refractivity contribution is 7.98. The van der Waals surface area contributed by atoms with E-state index in [4.69, 9.17) is 4.74 Å². The van der Waals surface area contributed by atoms with E-state index in [1.807, 2.05) is 54.8 Å². The molecule has 0 saturated carbocycles. The third-order valence-electron chi connectivity index (χ3n) is 3.41. The van der Waals surface area contributed by atoms with Crippen LogP contribution >= 0.6 is 23.1 Å². The minimum atomic E-state index is -0.109. The fourth-order valence-corrected chi connectivity index (χ4v) is 3.36. The van der Waals surface area contributed by atoms with Crippen molar-refractivity contribution in [1.82, 2.24) is 4.98 Å². The summed E-state index contributed by atoms with van der Waals surface area (Å²) in [6, 6.07) is 15.7. The Morgan fingerprint density at radius 2 is 2.09 bits per heavy atom. The lowest BCUT2D eigenvalue weighted by Gasteiger charge is -2.17. The van der Waals surface area contributed by atoms with Crippen LogP contribution in [0.2, 0.25) is 0 Å². The molecule has 0 saturated heterocycles. The zero-order chi connectivity index (χ0) is 16.2. The number of amides is 1. The summed E-state index contributed by atoms with van der Waals surface area (Å²) in [6.45, 7) is -0.0280. The molecule has 0 aliphatic carbocycles. The number of likely N-dealkylation sites (N-methyl/N-ethyl adjacent to an activating group) is 1. The summed E-state index contributed by atoms with van der Waals surface area (Å²) in [7, 11) is 1.75.